The molecule has 0 unspecified atom stereocenters. The summed E-state index contributed by atoms with van der Waals surface area (Å²) in [5, 5.41) is 6.62. The van der Waals surface area contributed by atoms with Crippen LogP contribution in [0.4, 0.5) is 0 Å². The van der Waals surface area contributed by atoms with Crippen molar-refractivity contribution in [3.05, 3.63) is 70.1 Å². The van der Waals surface area contributed by atoms with Crippen LogP contribution in [0.3, 0.4) is 0 Å². The van der Waals surface area contributed by atoms with E-state index in [1.54, 1.807) is 6.07 Å². The molecule has 0 amide bonds. The third-order valence-corrected chi connectivity index (χ3v) is 3.98. The fraction of sp³-hybridized carbons (Fsp3) is 0.400. The third-order valence-electron chi connectivity index (χ3n) is 3.98. The largest absolute Gasteiger partial charge is 0.357 e. The van der Waals surface area contributed by atoms with Gasteiger partial charge >= 0.3 is 0 Å². The van der Waals surface area contributed by atoms with Gasteiger partial charge in [-0.3, -0.25) is 4.79 Å². The zero-order chi connectivity index (χ0) is 17.9. The Bertz CT molecular complexity index is 722. The van der Waals surface area contributed by atoms with Gasteiger partial charge in [0.1, 0.15) is 0 Å². The van der Waals surface area contributed by atoms with Crippen molar-refractivity contribution in [3.63, 3.8) is 0 Å². The molecule has 1 aromatic carbocycles. The maximum absolute atomic E-state index is 11.8. The van der Waals surface area contributed by atoms with Crippen LogP contribution >= 0.6 is 0 Å². The van der Waals surface area contributed by atoms with Crippen LogP contribution in [0.5, 0.6) is 0 Å². The second-order valence-electron chi connectivity index (χ2n) is 5.97. The molecule has 0 aliphatic rings. The summed E-state index contributed by atoms with van der Waals surface area (Å²) in [7, 11) is 0. The quantitative estimate of drug-likeness (QED) is 0.441. The molecule has 1 heterocycles. The first kappa shape index (κ1) is 18.8. The minimum absolute atomic E-state index is 0.0747. The highest BCUT2D eigenvalue weighted by Crippen LogP contribution is 2.00. The monoisotopic (exact) mass is 340 g/mol. The number of hydrogen-bond acceptors (Lipinski definition) is 2. The smallest absolute Gasteiger partial charge is 0.250 e. The van der Waals surface area contributed by atoms with Gasteiger partial charge in [0.15, 0.2) is 5.96 Å². The number of guanidine groups is 1. The standard InChI is InChI=1S/C20H28N4O/c1-3-21-20(23-16-18-11-5-4-6-12-18)22-14-7-8-15-24-17(2)10-9-13-19(24)25/h4-6,9-13H,3,7-8,14-16H2,1-2H3,(H2,21,22,23). The normalized spacial score (nSPS) is 11.4. The number of benzene rings is 1. The zero-order valence-electron chi connectivity index (χ0n) is 15.2. The van der Waals surface area contributed by atoms with Gasteiger partial charge in [-0.2, -0.15) is 0 Å². The van der Waals surface area contributed by atoms with Crippen LogP contribution in [0.15, 0.2) is 58.3 Å². The first-order chi connectivity index (χ1) is 12.2. The summed E-state index contributed by atoms with van der Waals surface area (Å²) in [6.07, 6.45) is 1.94. The molecule has 134 valence electrons. The molecule has 2 rings (SSSR count). The lowest BCUT2D eigenvalue weighted by Crippen LogP contribution is -2.37. The van der Waals surface area contributed by atoms with Crippen LogP contribution in [-0.4, -0.2) is 23.6 Å². The lowest BCUT2D eigenvalue weighted by Gasteiger charge is -2.12. The zero-order valence-corrected chi connectivity index (χ0v) is 15.2. The fourth-order valence-corrected chi connectivity index (χ4v) is 2.61. The van der Waals surface area contributed by atoms with Crippen molar-refractivity contribution < 1.29 is 0 Å². The van der Waals surface area contributed by atoms with E-state index in [0.717, 1.165) is 44.1 Å². The first-order valence-electron chi connectivity index (χ1n) is 8.93. The van der Waals surface area contributed by atoms with Crippen LogP contribution in [-0.2, 0) is 13.1 Å². The first-order valence-corrected chi connectivity index (χ1v) is 8.93. The topological polar surface area (TPSA) is 58.4 Å². The minimum Gasteiger partial charge on any atom is -0.357 e. The van der Waals surface area contributed by atoms with E-state index in [-0.39, 0.29) is 5.56 Å². The van der Waals surface area contributed by atoms with Crippen molar-refractivity contribution in [2.75, 3.05) is 13.1 Å². The van der Waals surface area contributed by atoms with Crippen LogP contribution in [0.2, 0.25) is 0 Å². The van der Waals surface area contributed by atoms with E-state index in [9.17, 15) is 4.79 Å². The van der Waals surface area contributed by atoms with Crippen LogP contribution < -0.4 is 16.2 Å². The summed E-state index contributed by atoms with van der Waals surface area (Å²) < 4.78 is 1.83. The third kappa shape index (κ3) is 6.45. The summed E-state index contributed by atoms with van der Waals surface area (Å²) in [6, 6.07) is 15.6. The van der Waals surface area contributed by atoms with E-state index in [4.69, 9.17) is 0 Å². The molecule has 25 heavy (non-hydrogen) atoms. The molecule has 5 nitrogen and oxygen atoms in total. The predicted octanol–water partition coefficient (Wildman–Crippen LogP) is 2.69. The second kappa shape index (κ2) is 10.3. The Hall–Kier alpha value is -2.56. The number of aryl methyl sites for hydroxylation is 1. The Morgan fingerprint density at radius 1 is 1.04 bits per heavy atom. The van der Waals surface area contributed by atoms with Gasteiger partial charge in [-0.1, -0.05) is 36.4 Å². The number of nitrogens with one attached hydrogen (secondary N) is 2. The Balaban J connectivity index is 1.76. The van der Waals surface area contributed by atoms with E-state index in [2.05, 4.69) is 34.7 Å². The van der Waals surface area contributed by atoms with Crippen LogP contribution in [0.1, 0.15) is 31.0 Å². The fourth-order valence-electron chi connectivity index (χ4n) is 2.61. The van der Waals surface area contributed by atoms with Crippen molar-refractivity contribution >= 4 is 5.96 Å². The van der Waals surface area contributed by atoms with Crippen molar-refractivity contribution in [1.29, 1.82) is 0 Å². The molecule has 0 saturated heterocycles. The molecule has 0 aliphatic carbocycles. The van der Waals surface area contributed by atoms with Gasteiger partial charge in [0.25, 0.3) is 5.56 Å². The molecule has 1 aromatic heterocycles. The van der Waals surface area contributed by atoms with Crippen molar-refractivity contribution in [2.24, 2.45) is 4.99 Å². The van der Waals surface area contributed by atoms with Crippen LogP contribution in [0.25, 0.3) is 0 Å². The van der Waals surface area contributed by atoms with E-state index in [1.165, 1.54) is 5.56 Å². The second-order valence-corrected chi connectivity index (χ2v) is 5.97. The number of aromatic nitrogens is 1. The molecule has 0 spiro atoms. The summed E-state index contributed by atoms with van der Waals surface area (Å²) in [4.78, 5) is 16.4. The van der Waals surface area contributed by atoms with Gasteiger partial charge < -0.3 is 15.2 Å². The highest BCUT2D eigenvalue weighted by atomic mass is 16.1. The maximum atomic E-state index is 11.8. The van der Waals surface area contributed by atoms with E-state index in [0.29, 0.717) is 6.54 Å². The minimum atomic E-state index is 0.0747. The number of hydrogen-bond donors (Lipinski definition) is 2. The SMILES string of the molecule is CCNC(=NCc1ccccc1)NCCCCn1c(C)cccc1=O. The molecule has 0 bridgehead atoms. The highest BCUT2D eigenvalue weighted by Gasteiger charge is 2.00. The van der Waals surface area contributed by atoms with Crippen LogP contribution in [0, 0.1) is 6.92 Å². The van der Waals surface area contributed by atoms with E-state index in [1.807, 2.05) is 41.8 Å². The average molecular weight is 340 g/mol. The van der Waals surface area contributed by atoms with Gasteiger partial charge in [-0.15, -0.1) is 0 Å². The maximum Gasteiger partial charge on any atom is 0.250 e. The lowest BCUT2D eigenvalue weighted by atomic mass is 10.2. The van der Waals surface area contributed by atoms with Gasteiger partial charge in [0.2, 0.25) is 0 Å². The predicted molar refractivity (Wildman–Crippen MR) is 104 cm³/mol. The lowest BCUT2D eigenvalue weighted by molar-refractivity contribution is 0.575. The molecule has 2 aromatic rings. The van der Waals surface area contributed by atoms with Crippen molar-refractivity contribution in [2.45, 2.75) is 39.8 Å². The van der Waals surface area contributed by atoms with Gasteiger partial charge in [-0.05, 0) is 38.3 Å². The Morgan fingerprint density at radius 2 is 1.84 bits per heavy atom. The molecule has 0 fully saturated rings. The number of nitrogens with zero attached hydrogens (tertiary/aromatic N) is 2. The number of aliphatic imine (C=N–C) groups is 1. The van der Waals surface area contributed by atoms with Gasteiger partial charge in [0, 0.05) is 31.4 Å². The average Bonchev–Trinajstić information content (AvgIpc) is 2.62. The summed E-state index contributed by atoms with van der Waals surface area (Å²) in [5.41, 5.74) is 2.28. The summed E-state index contributed by atoms with van der Waals surface area (Å²) in [6.45, 7) is 7.11. The Kier molecular flexibility index (Phi) is 7.76. The Morgan fingerprint density at radius 3 is 2.56 bits per heavy atom. The number of unbranched alkanes of at least 4 members (excludes halogenated alkanes) is 1. The van der Waals surface area contributed by atoms with E-state index >= 15 is 0 Å². The molecule has 0 atom stereocenters. The highest BCUT2D eigenvalue weighted by molar-refractivity contribution is 5.79. The summed E-state index contributed by atoms with van der Waals surface area (Å²) >= 11 is 0. The Labute approximate surface area is 149 Å². The number of pyridine rings is 1. The molecule has 5 heteroatoms. The number of rotatable bonds is 8. The van der Waals surface area contributed by atoms with Crippen molar-refractivity contribution in [1.82, 2.24) is 15.2 Å². The molecule has 2 N–H and O–H groups in total. The molecule has 0 radical (unpaired) electrons. The molecule has 0 aliphatic heterocycles. The molecular weight excluding hydrogens is 312 g/mol. The van der Waals surface area contributed by atoms with Gasteiger partial charge in [-0.25, -0.2) is 4.99 Å². The molecule has 0 saturated carbocycles. The van der Waals surface area contributed by atoms with E-state index < -0.39 is 0 Å². The molecular formula is C20H28N4O. The summed E-state index contributed by atoms with van der Waals surface area (Å²) in [5.74, 6) is 0.833. The van der Waals surface area contributed by atoms with Crippen molar-refractivity contribution in [3.8, 4) is 0 Å². The van der Waals surface area contributed by atoms with Gasteiger partial charge in [0.05, 0.1) is 6.54 Å².